The first-order valence-corrected chi connectivity index (χ1v) is 8.94. The summed E-state index contributed by atoms with van der Waals surface area (Å²) >= 11 is 0. The molecule has 0 spiro atoms. The molecule has 0 unspecified atom stereocenters. The maximum atomic E-state index is 12.4. The van der Waals surface area contributed by atoms with Gasteiger partial charge in [-0.3, -0.25) is 4.79 Å². The Bertz CT molecular complexity index is 732. The van der Waals surface area contributed by atoms with Gasteiger partial charge in [0.25, 0.3) is 0 Å². The van der Waals surface area contributed by atoms with E-state index >= 15 is 0 Å². The fraction of sp³-hybridized carbons (Fsp3) is 0.318. The first-order valence-electron chi connectivity index (χ1n) is 8.94. The van der Waals surface area contributed by atoms with Crippen LogP contribution >= 0.6 is 0 Å². The number of benzene rings is 2. The number of ether oxygens (including phenoxy) is 3. The summed E-state index contributed by atoms with van der Waals surface area (Å²) < 4.78 is 16.6. The van der Waals surface area contributed by atoms with E-state index in [2.05, 4.69) is 13.8 Å². The molecule has 0 fully saturated rings. The van der Waals surface area contributed by atoms with E-state index in [0.717, 1.165) is 35.7 Å². The van der Waals surface area contributed by atoms with Gasteiger partial charge in [-0.1, -0.05) is 13.8 Å². The Kier molecular flexibility index (Phi) is 7.75. The largest absolute Gasteiger partial charge is 0.497 e. The van der Waals surface area contributed by atoms with E-state index in [0.29, 0.717) is 18.8 Å². The molecule has 0 amide bonds. The summed E-state index contributed by atoms with van der Waals surface area (Å²) in [5.74, 6) is 2.16. The highest BCUT2D eigenvalue weighted by atomic mass is 16.5. The molecule has 0 N–H and O–H groups in total. The highest BCUT2D eigenvalue weighted by molar-refractivity contribution is 6.07. The van der Waals surface area contributed by atoms with E-state index in [9.17, 15) is 4.79 Å². The Hall–Kier alpha value is -2.75. The van der Waals surface area contributed by atoms with Crippen LogP contribution in [0.5, 0.6) is 17.2 Å². The predicted molar refractivity (Wildman–Crippen MR) is 104 cm³/mol. The second-order valence-corrected chi connectivity index (χ2v) is 5.82. The minimum absolute atomic E-state index is 0.0750. The van der Waals surface area contributed by atoms with Crippen LogP contribution < -0.4 is 14.2 Å². The number of allylic oxidation sites excluding steroid dienone is 1. The maximum Gasteiger partial charge on any atom is 0.185 e. The summed E-state index contributed by atoms with van der Waals surface area (Å²) in [5.41, 5.74) is 1.44. The van der Waals surface area contributed by atoms with Crippen LogP contribution in [0.25, 0.3) is 6.08 Å². The fourth-order valence-electron chi connectivity index (χ4n) is 2.33. The molecular weight excluding hydrogens is 328 g/mol. The standard InChI is InChI=1S/C22H26O4/c1-4-14-25-20-11-13-22(26-15-5-2)18(16-20)8-12-21(23)17-6-9-19(24-3)10-7-17/h6-13,16H,4-5,14-15H2,1-3H3. The molecule has 0 aliphatic carbocycles. The van der Waals surface area contributed by atoms with E-state index < -0.39 is 0 Å². The third-order valence-electron chi connectivity index (χ3n) is 3.70. The van der Waals surface area contributed by atoms with Crippen molar-refractivity contribution in [2.75, 3.05) is 20.3 Å². The van der Waals surface area contributed by atoms with Crippen LogP contribution in [0.2, 0.25) is 0 Å². The molecule has 0 aliphatic heterocycles. The zero-order valence-corrected chi connectivity index (χ0v) is 15.7. The molecule has 0 saturated heterocycles. The summed E-state index contributed by atoms with van der Waals surface area (Å²) in [7, 11) is 1.60. The zero-order valence-electron chi connectivity index (χ0n) is 15.7. The highest BCUT2D eigenvalue weighted by Gasteiger charge is 2.06. The Morgan fingerprint density at radius 1 is 0.923 bits per heavy atom. The molecule has 0 aliphatic rings. The van der Waals surface area contributed by atoms with Gasteiger partial charge in [0, 0.05) is 11.1 Å². The van der Waals surface area contributed by atoms with Crippen LogP contribution in [0.15, 0.2) is 48.5 Å². The molecule has 0 aromatic heterocycles. The summed E-state index contributed by atoms with van der Waals surface area (Å²) in [6.07, 6.45) is 5.19. The Balaban J connectivity index is 2.19. The molecule has 0 saturated carbocycles. The van der Waals surface area contributed by atoms with E-state index in [4.69, 9.17) is 14.2 Å². The van der Waals surface area contributed by atoms with E-state index in [1.54, 1.807) is 43.5 Å². The normalized spacial score (nSPS) is 10.7. The molecule has 0 heterocycles. The van der Waals surface area contributed by atoms with Crippen molar-refractivity contribution in [3.05, 3.63) is 59.7 Å². The van der Waals surface area contributed by atoms with Crippen LogP contribution in [0.1, 0.15) is 42.6 Å². The summed E-state index contributed by atoms with van der Waals surface area (Å²) in [4.78, 5) is 12.4. The Morgan fingerprint density at radius 3 is 2.23 bits per heavy atom. The van der Waals surface area contributed by atoms with Gasteiger partial charge in [-0.25, -0.2) is 0 Å². The van der Waals surface area contributed by atoms with Crippen molar-refractivity contribution in [3.8, 4) is 17.2 Å². The second-order valence-electron chi connectivity index (χ2n) is 5.82. The molecule has 26 heavy (non-hydrogen) atoms. The summed E-state index contributed by atoms with van der Waals surface area (Å²) in [5, 5.41) is 0. The van der Waals surface area contributed by atoms with Crippen molar-refractivity contribution in [2.24, 2.45) is 0 Å². The average molecular weight is 354 g/mol. The number of carbonyl (C=O) groups excluding carboxylic acids is 1. The van der Waals surface area contributed by atoms with Gasteiger partial charge < -0.3 is 14.2 Å². The molecule has 4 nitrogen and oxygen atoms in total. The van der Waals surface area contributed by atoms with E-state index in [1.807, 2.05) is 18.2 Å². The lowest BCUT2D eigenvalue weighted by Gasteiger charge is -2.11. The van der Waals surface area contributed by atoms with Gasteiger partial charge in [0.2, 0.25) is 0 Å². The Labute approximate surface area is 155 Å². The first-order chi connectivity index (χ1) is 12.7. The SMILES string of the molecule is CCCOc1ccc(OCCC)c(C=CC(=O)c2ccc(OC)cc2)c1. The lowest BCUT2D eigenvalue weighted by molar-refractivity contribution is 0.104. The molecule has 2 aromatic carbocycles. The van der Waals surface area contributed by atoms with Crippen LogP contribution in [-0.2, 0) is 0 Å². The van der Waals surface area contributed by atoms with Crippen molar-refractivity contribution < 1.29 is 19.0 Å². The van der Waals surface area contributed by atoms with Gasteiger partial charge in [0.05, 0.1) is 20.3 Å². The molecule has 2 rings (SSSR count). The third kappa shape index (κ3) is 5.66. The highest BCUT2D eigenvalue weighted by Crippen LogP contribution is 2.26. The van der Waals surface area contributed by atoms with Crippen molar-refractivity contribution in [2.45, 2.75) is 26.7 Å². The number of rotatable bonds is 10. The van der Waals surface area contributed by atoms with Gasteiger partial charge in [0.15, 0.2) is 5.78 Å². The predicted octanol–water partition coefficient (Wildman–Crippen LogP) is 5.17. The van der Waals surface area contributed by atoms with E-state index in [-0.39, 0.29) is 5.78 Å². The second kappa shape index (κ2) is 10.3. The average Bonchev–Trinajstić information content (AvgIpc) is 2.69. The van der Waals surface area contributed by atoms with Crippen LogP contribution in [0, 0.1) is 0 Å². The monoisotopic (exact) mass is 354 g/mol. The summed E-state index contributed by atoms with van der Waals surface area (Å²) in [6.45, 7) is 5.40. The molecule has 0 bridgehead atoms. The minimum atomic E-state index is -0.0750. The van der Waals surface area contributed by atoms with Gasteiger partial charge in [-0.15, -0.1) is 0 Å². The number of methoxy groups -OCH3 is 1. The molecule has 0 radical (unpaired) electrons. The maximum absolute atomic E-state index is 12.4. The molecule has 2 aromatic rings. The fourth-order valence-corrected chi connectivity index (χ4v) is 2.33. The lowest BCUT2D eigenvalue weighted by Crippen LogP contribution is -2.00. The molecule has 0 atom stereocenters. The summed E-state index contributed by atoms with van der Waals surface area (Å²) in [6, 6.07) is 12.7. The van der Waals surface area contributed by atoms with Gasteiger partial charge in [-0.05, 0) is 67.5 Å². The van der Waals surface area contributed by atoms with Crippen molar-refractivity contribution >= 4 is 11.9 Å². The van der Waals surface area contributed by atoms with Crippen molar-refractivity contribution in [1.82, 2.24) is 0 Å². The van der Waals surface area contributed by atoms with Gasteiger partial charge in [0.1, 0.15) is 17.2 Å². The first kappa shape index (κ1) is 19.6. The molecule has 4 heteroatoms. The van der Waals surface area contributed by atoms with Crippen LogP contribution in [0.4, 0.5) is 0 Å². The molecule has 138 valence electrons. The minimum Gasteiger partial charge on any atom is -0.497 e. The smallest absolute Gasteiger partial charge is 0.185 e. The van der Waals surface area contributed by atoms with E-state index in [1.165, 1.54) is 0 Å². The van der Waals surface area contributed by atoms with Crippen molar-refractivity contribution in [3.63, 3.8) is 0 Å². The van der Waals surface area contributed by atoms with Crippen LogP contribution in [0.3, 0.4) is 0 Å². The quantitative estimate of drug-likeness (QED) is 0.436. The molecular formula is C22H26O4. The number of ketones is 1. The Morgan fingerprint density at radius 2 is 1.58 bits per heavy atom. The van der Waals surface area contributed by atoms with Gasteiger partial charge >= 0.3 is 0 Å². The topological polar surface area (TPSA) is 44.8 Å². The number of hydrogen-bond donors (Lipinski definition) is 0. The zero-order chi connectivity index (χ0) is 18.8. The number of carbonyl (C=O) groups is 1. The third-order valence-corrected chi connectivity index (χ3v) is 3.70. The van der Waals surface area contributed by atoms with Crippen molar-refractivity contribution in [1.29, 1.82) is 0 Å². The lowest BCUT2D eigenvalue weighted by atomic mass is 10.1. The van der Waals surface area contributed by atoms with Crippen LogP contribution in [-0.4, -0.2) is 26.1 Å². The number of hydrogen-bond acceptors (Lipinski definition) is 4. The van der Waals surface area contributed by atoms with Gasteiger partial charge in [-0.2, -0.15) is 0 Å².